The van der Waals surface area contributed by atoms with Gasteiger partial charge >= 0.3 is 0 Å². The molecule has 1 atom stereocenters. The van der Waals surface area contributed by atoms with Crippen molar-refractivity contribution < 1.29 is 14.3 Å². The normalized spacial score (nSPS) is 22.1. The fourth-order valence-electron chi connectivity index (χ4n) is 2.70. The summed E-state index contributed by atoms with van der Waals surface area (Å²) in [7, 11) is 0. The topological polar surface area (TPSA) is 38.8 Å². The minimum atomic E-state index is 0.178. The molecule has 1 aromatic rings. The van der Waals surface area contributed by atoms with Crippen LogP contribution >= 0.6 is 11.6 Å². The first-order valence-corrected chi connectivity index (χ1v) is 7.37. The largest absolute Gasteiger partial charge is 0.491 e. The lowest BCUT2D eigenvalue weighted by molar-refractivity contribution is -0.133. The van der Waals surface area contributed by atoms with E-state index in [2.05, 4.69) is 0 Å². The van der Waals surface area contributed by atoms with E-state index in [9.17, 15) is 4.79 Å². The second-order valence-corrected chi connectivity index (χ2v) is 5.79. The first-order valence-electron chi connectivity index (χ1n) is 6.99. The van der Waals surface area contributed by atoms with E-state index < -0.39 is 0 Å². The van der Waals surface area contributed by atoms with Gasteiger partial charge in [-0.1, -0.05) is 11.6 Å². The maximum atomic E-state index is 12.4. The van der Waals surface area contributed by atoms with E-state index >= 15 is 0 Å². The van der Waals surface area contributed by atoms with Crippen LogP contribution in [-0.2, 0) is 16.1 Å². The Bertz CT molecular complexity index is 500. The highest BCUT2D eigenvalue weighted by Gasteiger charge is 2.24. The van der Waals surface area contributed by atoms with E-state index in [1.807, 2.05) is 23.1 Å². The van der Waals surface area contributed by atoms with Crippen LogP contribution in [0.3, 0.4) is 0 Å². The molecule has 1 amide bonds. The lowest BCUT2D eigenvalue weighted by atomic mass is 10.0. The van der Waals surface area contributed by atoms with Gasteiger partial charge in [0.15, 0.2) is 0 Å². The average molecular weight is 296 g/mol. The summed E-state index contributed by atoms with van der Waals surface area (Å²) >= 11 is 6.02. The molecule has 1 fully saturated rings. The van der Waals surface area contributed by atoms with Crippen LogP contribution in [0.5, 0.6) is 5.75 Å². The summed E-state index contributed by atoms with van der Waals surface area (Å²) in [6.45, 7) is 3.21. The van der Waals surface area contributed by atoms with E-state index in [0.29, 0.717) is 43.7 Å². The lowest BCUT2D eigenvalue weighted by Gasteiger charge is -2.21. The van der Waals surface area contributed by atoms with Gasteiger partial charge in [0.05, 0.1) is 6.54 Å². The lowest BCUT2D eigenvalue weighted by Crippen LogP contribution is -2.33. The predicted molar refractivity (Wildman–Crippen MR) is 75.9 cm³/mol. The number of hydrogen-bond donors (Lipinski definition) is 0. The zero-order valence-corrected chi connectivity index (χ0v) is 12.1. The molecule has 2 aliphatic rings. The summed E-state index contributed by atoms with van der Waals surface area (Å²) < 4.78 is 11.0. The minimum absolute atomic E-state index is 0.178. The van der Waals surface area contributed by atoms with Crippen molar-refractivity contribution >= 4 is 17.5 Å². The Morgan fingerprint density at radius 3 is 3.10 bits per heavy atom. The third-order valence-electron chi connectivity index (χ3n) is 3.84. The van der Waals surface area contributed by atoms with Gasteiger partial charge in [-0.3, -0.25) is 4.79 Å². The highest BCUT2D eigenvalue weighted by atomic mass is 35.5. The first kappa shape index (κ1) is 13.7. The molecule has 2 aliphatic heterocycles. The van der Waals surface area contributed by atoms with Crippen LogP contribution in [0.2, 0.25) is 5.02 Å². The minimum Gasteiger partial charge on any atom is -0.491 e. The fraction of sp³-hybridized carbons (Fsp3) is 0.533. The zero-order chi connectivity index (χ0) is 13.9. The Labute approximate surface area is 123 Å². The van der Waals surface area contributed by atoms with Gasteiger partial charge in [-0.05, 0) is 30.5 Å². The van der Waals surface area contributed by atoms with Gasteiger partial charge in [0.25, 0.3) is 0 Å². The molecule has 1 saturated heterocycles. The third kappa shape index (κ3) is 3.07. The van der Waals surface area contributed by atoms with Gasteiger partial charge in [0.2, 0.25) is 5.91 Å². The second kappa shape index (κ2) is 6.02. The predicted octanol–water partition coefficient (Wildman–Crippen LogP) is 2.49. The van der Waals surface area contributed by atoms with Crippen LogP contribution in [0.4, 0.5) is 0 Å². The van der Waals surface area contributed by atoms with Gasteiger partial charge < -0.3 is 14.4 Å². The Morgan fingerprint density at radius 2 is 2.30 bits per heavy atom. The van der Waals surface area contributed by atoms with Gasteiger partial charge in [-0.15, -0.1) is 0 Å². The Kier molecular flexibility index (Phi) is 4.13. The van der Waals surface area contributed by atoms with Crippen LogP contribution in [0.25, 0.3) is 0 Å². The second-order valence-electron chi connectivity index (χ2n) is 5.35. The Hall–Kier alpha value is -1.26. The SMILES string of the molecule is O=C(C[C@H]1CCOC1)N1CCOc2ccc(Cl)cc2C1. The molecule has 0 spiro atoms. The molecule has 4 nitrogen and oxygen atoms in total. The summed E-state index contributed by atoms with van der Waals surface area (Å²) in [5.74, 6) is 1.37. The molecule has 5 heteroatoms. The maximum Gasteiger partial charge on any atom is 0.223 e. The van der Waals surface area contributed by atoms with Gasteiger partial charge in [0, 0.05) is 36.8 Å². The van der Waals surface area contributed by atoms with Crippen molar-refractivity contribution in [3.63, 3.8) is 0 Å². The van der Waals surface area contributed by atoms with Crippen LogP contribution in [0.15, 0.2) is 18.2 Å². The van der Waals surface area contributed by atoms with E-state index in [4.69, 9.17) is 21.1 Å². The summed E-state index contributed by atoms with van der Waals surface area (Å²) in [4.78, 5) is 14.2. The summed E-state index contributed by atoms with van der Waals surface area (Å²) in [6, 6.07) is 5.56. The van der Waals surface area contributed by atoms with E-state index in [1.54, 1.807) is 0 Å². The molecule has 0 radical (unpaired) electrons. The molecule has 108 valence electrons. The maximum absolute atomic E-state index is 12.4. The number of ether oxygens (including phenoxy) is 2. The van der Waals surface area contributed by atoms with Crippen molar-refractivity contribution in [2.45, 2.75) is 19.4 Å². The van der Waals surface area contributed by atoms with Crippen LogP contribution in [0, 0.1) is 5.92 Å². The molecule has 2 heterocycles. The van der Waals surface area contributed by atoms with Gasteiger partial charge in [-0.25, -0.2) is 0 Å². The molecule has 3 rings (SSSR count). The summed E-state index contributed by atoms with van der Waals surface area (Å²) in [5, 5.41) is 0.672. The monoisotopic (exact) mass is 295 g/mol. The number of halogens is 1. The van der Waals surface area contributed by atoms with Crippen LogP contribution in [0.1, 0.15) is 18.4 Å². The number of carbonyl (C=O) groups excluding carboxylic acids is 1. The average Bonchev–Trinajstić information content (AvgIpc) is 2.83. The molecule has 0 aromatic heterocycles. The third-order valence-corrected chi connectivity index (χ3v) is 4.08. The van der Waals surface area contributed by atoms with Crippen molar-refractivity contribution in [2.24, 2.45) is 5.92 Å². The highest BCUT2D eigenvalue weighted by molar-refractivity contribution is 6.30. The van der Waals surface area contributed by atoms with E-state index in [-0.39, 0.29) is 5.91 Å². The molecule has 1 aromatic carbocycles. The van der Waals surface area contributed by atoms with Crippen molar-refractivity contribution in [1.29, 1.82) is 0 Å². The molecule has 0 unspecified atom stereocenters. The molecule has 0 saturated carbocycles. The van der Waals surface area contributed by atoms with Crippen molar-refractivity contribution in [3.8, 4) is 5.75 Å². The Balaban J connectivity index is 1.69. The molecule has 0 bridgehead atoms. The fourth-order valence-corrected chi connectivity index (χ4v) is 2.89. The van der Waals surface area contributed by atoms with Crippen molar-refractivity contribution in [2.75, 3.05) is 26.4 Å². The number of nitrogens with zero attached hydrogens (tertiary/aromatic N) is 1. The van der Waals surface area contributed by atoms with E-state index in [1.165, 1.54) is 0 Å². The van der Waals surface area contributed by atoms with Crippen molar-refractivity contribution in [1.82, 2.24) is 4.90 Å². The standard InChI is InChI=1S/C15H18ClNO3/c16-13-1-2-14-12(8-13)9-17(4-6-20-14)15(18)7-11-3-5-19-10-11/h1-2,8,11H,3-7,9-10H2/t11-/m1/s1. The van der Waals surface area contributed by atoms with E-state index in [0.717, 1.165) is 24.3 Å². The number of hydrogen-bond acceptors (Lipinski definition) is 3. The molecule has 0 aliphatic carbocycles. The number of carbonyl (C=O) groups is 1. The van der Waals surface area contributed by atoms with Gasteiger partial charge in [-0.2, -0.15) is 0 Å². The first-order chi connectivity index (χ1) is 9.72. The quantitative estimate of drug-likeness (QED) is 0.841. The van der Waals surface area contributed by atoms with Gasteiger partial charge in [0.1, 0.15) is 12.4 Å². The number of fused-ring (bicyclic) bond motifs is 1. The number of amides is 1. The number of rotatable bonds is 2. The zero-order valence-electron chi connectivity index (χ0n) is 11.3. The van der Waals surface area contributed by atoms with Crippen LogP contribution in [-0.4, -0.2) is 37.2 Å². The van der Waals surface area contributed by atoms with Crippen molar-refractivity contribution in [3.05, 3.63) is 28.8 Å². The molecule has 20 heavy (non-hydrogen) atoms. The highest BCUT2D eigenvalue weighted by Crippen LogP contribution is 2.27. The molecular formula is C15H18ClNO3. The molecule has 0 N–H and O–H groups in total. The van der Waals surface area contributed by atoms with Crippen LogP contribution < -0.4 is 4.74 Å². The molecular weight excluding hydrogens is 278 g/mol. The number of benzene rings is 1. The summed E-state index contributed by atoms with van der Waals surface area (Å²) in [5.41, 5.74) is 0.978. The Morgan fingerprint density at radius 1 is 1.40 bits per heavy atom. The smallest absolute Gasteiger partial charge is 0.223 e. The summed E-state index contributed by atoms with van der Waals surface area (Å²) in [6.07, 6.45) is 1.55.